The van der Waals surface area contributed by atoms with Gasteiger partial charge in [0.1, 0.15) is 5.00 Å². The predicted molar refractivity (Wildman–Crippen MR) is 217 cm³/mol. The van der Waals surface area contributed by atoms with Gasteiger partial charge in [-0.15, -0.1) is 11.3 Å². The third-order valence-electron chi connectivity index (χ3n) is 10.8. The Balaban J connectivity index is 1.11. The molecule has 0 bridgehead atoms. The minimum Gasteiger partial charge on any atom is -0.469 e. The maximum atomic E-state index is 13.9. The van der Waals surface area contributed by atoms with Crippen molar-refractivity contribution in [1.82, 2.24) is 4.31 Å². The number of hydrogen-bond acceptors (Lipinski definition) is 9. The molecular formula is C43H49N3O8S2. The average Bonchev–Trinajstić information content (AvgIpc) is 3.59. The molecule has 1 heterocycles. The quantitative estimate of drug-likeness (QED) is 0.123. The molecule has 0 saturated heterocycles. The van der Waals surface area contributed by atoms with E-state index in [0.29, 0.717) is 47.5 Å². The van der Waals surface area contributed by atoms with Gasteiger partial charge in [-0.3, -0.25) is 14.4 Å². The van der Waals surface area contributed by atoms with Crippen LogP contribution in [0.3, 0.4) is 0 Å². The van der Waals surface area contributed by atoms with Crippen molar-refractivity contribution < 1.29 is 37.1 Å². The van der Waals surface area contributed by atoms with Gasteiger partial charge in [-0.05, 0) is 130 Å². The number of nitrogens with zero attached hydrogens (tertiary/aromatic N) is 1. The van der Waals surface area contributed by atoms with E-state index in [0.717, 1.165) is 66.5 Å². The number of benzene rings is 3. The Hall–Kier alpha value is -4.85. The van der Waals surface area contributed by atoms with Crippen LogP contribution in [0.25, 0.3) is 0 Å². The van der Waals surface area contributed by atoms with E-state index in [-0.39, 0.29) is 46.8 Å². The fourth-order valence-electron chi connectivity index (χ4n) is 7.76. The summed E-state index contributed by atoms with van der Waals surface area (Å²) in [7, 11) is -1.21. The van der Waals surface area contributed by atoms with Gasteiger partial charge in [-0.1, -0.05) is 37.3 Å². The number of anilines is 2. The van der Waals surface area contributed by atoms with E-state index in [4.69, 9.17) is 9.47 Å². The third kappa shape index (κ3) is 9.39. The molecule has 0 aliphatic heterocycles. The molecule has 2 aliphatic carbocycles. The summed E-state index contributed by atoms with van der Waals surface area (Å²) < 4.78 is 39.0. The first-order valence-electron chi connectivity index (χ1n) is 19.3. The second kappa shape index (κ2) is 18.4. The van der Waals surface area contributed by atoms with E-state index in [1.54, 1.807) is 31.2 Å². The van der Waals surface area contributed by atoms with Crippen LogP contribution in [0.2, 0.25) is 0 Å². The Morgan fingerprint density at radius 2 is 1.45 bits per heavy atom. The molecule has 0 spiro atoms. The van der Waals surface area contributed by atoms with Crippen LogP contribution in [0.15, 0.2) is 77.7 Å². The zero-order chi connectivity index (χ0) is 39.8. The summed E-state index contributed by atoms with van der Waals surface area (Å²) in [6, 6.07) is 20.9. The van der Waals surface area contributed by atoms with Gasteiger partial charge in [0.15, 0.2) is 0 Å². The number of nitrogens with one attached hydrogen (secondary N) is 2. The summed E-state index contributed by atoms with van der Waals surface area (Å²) in [5.74, 6) is -1.65. The Kier molecular flexibility index (Phi) is 13.4. The number of thiophene rings is 1. The Bertz CT molecular complexity index is 2160. The first-order valence-corrected chi connectivity index (χ1v) is 21.5. The lowest BCUT2D eigenvalue weighted by atomic mass is 9.86. The minimum absolute atomic E-state index is 0.0169. The van der Waals surface area contributed by atoms with Crippen LogP contribution in [0.5, 0.6) is 0 Å². The summed E-state index contributed by atoms with van der Waals surface area (Å²) in [5, 5.41) is 6.44. The number of carbonyl (C=O) groups excluding carboxylic acids is 4. The Morgan fingerprint density at radius 1 is 0.786 bits per heavy atom. The molecule has 2 amide bonds. The van der Waals surface area contributed by atoms with Crippen molar-refractivity contribution in [3.63, 3.8) is 0 Å². The van der Waals surface area contributed by atoms with Crippen LogP contribution >= 0.6 is 11.3 Å². The largest absolute Gasteiger partial charge is 0.469 e. The number of fused-ring (bicyclic) bond motifs is 1. The highest BCUT2D eigenvalue weighted by Gasteiger charge is 2.36. The molecule has 0 unspecified atom stereocenters. The number of carbonyl (C=O) groups is 4. The molecule has 6 rings (SSSR count). The van der Waals surface area contributed by atoms with Crippen LogP contribution < -0.4 is 10.6 Å². The SMILES string of the molecule is CCN(C1CCC(C(=O)OC)CC1)S(=O)(=O)c1cccc(C(=O)Nc2sc3c(c2C(=O)Nc2ccc(CCCc4ccc(C(=O)OC)cc4)cc2)CCCC3)c1. The fourth-order valence-corrected chi connectivity index (χ4v) is 10.8. The highest BCUT2D eigenvalue weighted by Crippen LogP contribution is 2.39. The monoisotopic (exact) mass is 799 g/mol. The normalized spacial score (nSPS) is 16.8. The van der Waals surface area contributed by atoms with Gasteiger partial charge in [-0.2, -0.15) is 4.31 Å². The number of methoxy groups -OCH3 is 2. The number of amides is 2. The van der Waals surface area contributed by atoms with Gasteiger partial charge in [0.25, 0.3) is 11.8 Å². The molecule has 2 aliphatic rings. The molecule has 2 N–H and O–H groups in total. The van der Waals surface area contributed by atoms with Crippen molar-refractivity contribution in [3.8, 4) is 0 Å². The summed E-state index contributed by atoms with van der Waals surface area (Å²) in [6.45, 7) is 2.04. The van der Waals surface area contributed by atoms with E-state index >= 15 is 0 Å². The van der Waals surface area contributed by atoms with Crippen molar-refractivity contribution >= 4 is 55.8 Å². The zero-order valence-corrected chi connectivity index (χ0v) is 33.7. The summed E-state index contributed by atoms with van der Waals surface area (Å²) in [4.78, 5) is 52.5. The fraction of sp³-hybridized carbons (Fsp3) is 0.395. The number of rotatable bonds is 14. The van der Waals surface area contributed by atoms with Crippen LogP contribution in [0, 0.1) is 5.92 Å². The van der Waals surface area contributed by atoms with Crippen LogP contribution in [-0.2, 0) is 50.0 Å². The predicted octanol–water partition coefficient (Wildman–Crippen LogP) is 7.84. The van der Waals surface area contributed by atoms with E-state index in [1.807, 2.05) is 36.4 Å². The summed E-state index contributed by atoms with van der Waals surface area (Å²) in [6.07, 6.45) is 8.31. The second-order valence-corrected chi connectivity index (χ2v) is 17.3. The van der Waals surface area contributed by atoms with Crippen LogP contribution in [-0.4, -0.2) is 63.3 Å². The van der Waals surface area contributed by atoms with Crippen molar-refractivity contribution in [3.05, 3.63) is 111 Å². The molecule has 3 aromatic carbocycles. The van der Waals surface area contributed by atoms with Gasteiger partial charge >= 0.3 is 11.9 Å². The van der Waals surface area contributed by atoms with Crippen molar-refractivity contribution in [2.75, 3.05) is 31.4 Å². The zero-order valence-electron chi connectivity index (χ0n) is 32.1. The van der Waals surface area contributed by atoms with E-state index in [2.05, 4.69) is 10.6 Å². The highest BCUT2D eigenvalue weighted by molar-refractivity contribution is 7.89. The number of hydrogen-bond donors (Lipinski definition) is 2. The first kappa shape index (κ1) is 40.8. The summed E-state index contributed by atoms with van der Waals surface area (Å²) in [5.41, 5.74) is 5.00. The molecule has 56 heavy (non-hydrogen) atoms. The van der Waals surface area contributed by atoms with Crippen molar-refractivity contribution in [2.24, 2.45) is 5.92 Å². The number of aryl methyl sites for hydroxylation is 3. The molecule has 13 heteroatoms. The van der Waals surface area contributed by atoms with Crippen molar-refractivity contribution in [1.29, 1.82) is 0 Å². The molecule has 1 saturated carbocycles. The maximum absolute atomic E-state index is 13.9. The van der Waals surface area contributed by atoms with Crippen LogP contribution in [0.1, 0.15) is 105 Å². The van der Waals surface area contributed by atoms with Gasteiger partial charge in [0.2, 0.25) is 10.0 Å². The topological polar surface area (TPSA) is 148 Å². The second-order valence-electron chi connectivity index (χ2n) is 14.3. The standard InChI is InChI=1S/C43H49N3O8S2/c1-4-46(34-25-21-31(22-26-34)43(50)54-3)56(51,52)35-12-8-11-32(27-35)39(47)45-41-38(36-13-5-6-14-37(36)55-41)40(48)44-33-23-17-29(18-24-33)10-7-9-28-15-19-30(20-16-28)42(49)53-2/h8,11-12,15-20,23-24,27,31,34H,4-7,9-10,13-14,21-22,25-26H2,1-3H3,(H,44,48)(H,45,47). The van der Waals surface area contributed by atoms with Crippen LogP contribution in [0.4, 0.5) is 10.7 Å². The first-order chi connectivity index (χ1) is 27.0. The van der Waals surface area contributed by atoms with Crippen molar-refractivity contribution in [2.45, 2.75) is 88.5 Å². The molecule has 0 radical (unpaired) electrons. The highest BCUT2D eigenvalue weighted by atomic mass is 32.2. The maximum Gasteiger partial charge on any atom is 0.337 e. The Morgan fingerprint density at radius 3 is 2.09 bits per heavy atom. The number of sulfonamides is 1. The number of ether oxygens (including phenoxy) is 2. The molecule has 4 aromatic rings. The lowest BCUT2D eigenvalue weighted by Crippen LogP contribution is -2.43. The lowest BCUT2D eigenvalue weighted by Gasteiger charge is -2.34. The van der Waals surface area contributed by atoms with Gasteiger partial charge in [0.05, 0.1) is 36.2 Å². The molecular weight excluding hydrogens is 751 g/mol. The third-order valence-corrected chi connectivity index (χ3v) is 14.0. The molecule has 11 nitrogen and oxygen atoms in total. The van der Waals surface area contributed by atoms with E-state index in [1.165, 1.54) is 42.0 Å². The minimum atomic E-state index is -3.95. The van der Waals surface area contributed by atoms with E-state index < -0.39 is 15.9 Å². The molecule has 296 valence electrons. The average molecular weight is 800 g/mol. The Labute approximate surface area is 332 Å². The summed E-state index contributed by atoms with van der Waals surface area (Å²) >= 11 is 1.40. The van der Waals surface area contributed by atoms with E-state index in [9.17, 15) is 27.6 Å². The molecule has 0 atom stereocenters. The molecule has 1 aromatic heterocycles. The van der Waals surface area contributed by atoms with Gasteiger partial charge in [-0.25, -0.2) is 13.2 Å². The molecule has 1 fully saturated rings. The number of esters is 2. The van der Waals surface area contributed by atoms with Gasteiger partial charge < -0.3 is 20.1 Å². The lowest BCUT2D eigenvalue weighted by molar-refractivity contribution is -0.146. The van der Waals surface area contributed by atoms with Gasteiger partial charge in [0, 0.05) is 28.7 Å². The smallest absolute Gasteiger partial charge is 0.337 e.